The first-order valence-corrected chi connectivity index (χ1v) is 9.52. The lowest BCUT2D eigenvalue weighted by molar-refractivity contribution is 0.101. The topological polar surface area (TPSA) is 44.8 Å². The van der Waals surface area contributed by atoms with Gasteiger partial charge in [0.25, 0.3) is 0 Å². The molecule has 1 heterocycles. The van der Waals surface area contributed by atoms with Crippen LogP contribution in [0.1, 0.15) is 27.0 Å². The SMILES string of the molecule is COc1ccccc1COc1ccc2c(c1C)O/C(=C\c1ccc(Cl)cc1)C2=O. The number of benzene rings is 3. The van der Waals surface area contributed by atoms with Crippen molar-refractivity contribution in [1.29, 1.82) is 0 Å². The van der Waals surface area contributed by atoms with E-state index < -0.39 is 0 Å². The van der Waals surface area contributed by atoms with Crippen LogP contribution >= 0.6 is 11.6 Å². The van der Waals surface area contributed by atoms with Gasteiger partial charge in [-0.3, -0.25) is 4.79 Å². The van der Waals surface area contributed by atoms with Gasteiger partial charge < -0.3 is 14.2 Å². The Morgan fingerprint density at radius 1 is 1.00 bits per heavy atom. The predicted octanol–water partition coefficient (Wildman–Crippen LogP) is 5.85. The summed E-state index contributed by atoms with van der Waals surface area (Å²) in [5.41, 5.74) is 3.10. The Morgan fingerprint density at radius 3 is 2.52 bits per heavy atom. The highest BCUT2D eigenvalue weighted by Gasteiger charge is 2.30. The van der Waals surface area contributed by atoms with Crippen LogP contribution in [0, 0.1) is 6.92 Å². The van der Waals surface area contributed by atoms with Crippen LogP contribution in [0.4, 0.5) is 0 Å². The highest BCUT2D eigenvalue weighted by atomic mass is 35.5. The highest BCUT2D eigenvalue weighted by molar-refractivity contribution is 6.30. The number of para-hydroxylation sites is 1. The predicted molar refractivity (Wildman–Crippen MR) is 113 cm³/mol. The number of Topliss-reactive ketones (excluding diaryl/α,β-unsaturated/α-hetero) is 1. The fourth-order valence-electron chi connectivity index (χ4n) is 3.21. The fraction of sp³-hybridized carbons (Fsp3) is 0.125. The van der Waals surface area contributed by atoms with Crippen molar-refractivity contribution in [2.75, 3.05) is 7.11 Å². The molecule has 0 N–H and O–H groups in total. The third-order valence-electron chi connectivity index (χ3n) is 4.78. The molecule has 0 spiro atoms. The van der Waals surface area contributed by atoms with Crippen LogP contribution < -0.4 is 14.2 Å². The summed E-state index contributed by atoms with van der Waals surface area (Å²) >= 11 is 5.92. The molecule has 0 aromatic heterocycles. The number of hydrogen-bond donors (Lipinski definition) is 0. The number of fused-ring (bicyclic) bond motifs is 1. The van der Waals surface area contributed by atoms with Gasteiger partial charge in [0.1, 0.15) is 23.9 Å². The Bertz CT molecular complexity index is 1100. The van der Waals surface area contributed by atoms with Crippen LogP contribution in [0.25, 0.3) is 6.08 Å². The lowest BCUT2D eigenvalue weighted by atomic mass is 10.1. The molecule has 1 aliphatic heterocycles. The molecule has 0 aliphatic carbocycles. The summed E-state index contributed by atoms with van der Waals surface area (Å²) in [6, 6.07) is 18.5. The molecule has 4 rings (SSSR count). The molecular formula is C24H19ClO4. The minimum Gasteiger partial charge on any atom is -0.496 e. The molecule has 5 heteroatoms. The molecular weight excluding hydrogens is 388 g/mol. The number of hydrogen-bond acceptors (Lipinski definition) is 4. The van der Waals surface area contributed by atoms with Crippen molar-refractivity contribution in [3.63, 3.8) is 0 Å². The highest BCUT2D eigenvalue weighted by Crippen LogP contribution is 2.39. The van der Waals surface area contributed by atoms with Gasteiger partial charge in [0, 0.05) is 16.1 Å². The molecule has 1 aliphatic rings. The molecule has 0 radical (unpaired) electrons. The van der Waals surface area contributed by atoms with E-state index in [-0.39, 0.29) is 11.5 Å². The van der Waals surface area contributed by atoms with Crippen LogP contribution in [0.15, 0.2) is 66.4 Å². The summed E-state index contributed by atoms with van der Waals surface area (Å²) in [6.45, 7) is 2.24. The molecule has 0 fully saturated rings. The van der Waals surface area contributed by atoms with Crippen molar-refractivity contribution in [2.45, 2.75) is 13.5 Å². The Labute approximate surface area is 174 Å². The van der Waals surface area contributed by atoms with Crippen LogP contribution in [0.2, 0.25) is 5.02 Å². The summed E-state index contributed by atoms with van der Waals surface area (Å²) < 4.78 is 17.2. The van der Waals surface area contributed by atoms with Gasteiger partial charge in [-0.15, -0.1) is 0 Å². The number of ketones is 1. The molecule has 0 atom stereocenters. The number of carbonyl (C=O) groups is 1. The number of rotatable bonds is 5. The summed E-state index contributed by atoms with van der Waals surface area (Å²) in [4.78, 5) is 12.7. The van der Waals surface area contributed by atoms with E-state index in [2.05, 4.69) is 0 Å². The normalized spacial score (nSPS) is 13.9. The average molecular weight is 407 g/mol. The Balaban J connectivity index is 1.57. The molecule has 0 saturated heterocycles. The number of halogens is 1. The van der Waals surface area contributed by atoms with E-state index in [0.29, 0.717) is 28.7 Å². The Hall–Kier alpha value is -3.24. The lowest BCUT2D eigenvalue weighted by Crippen LogP contribution is -2.00. The van der Waals surface area contributed by atoms with E-state index >= 15 is 0 Å². The molecule has 0 bridgehead atoms. The van der Waals surface area contributed by atoms with E-state index in [1.165, 1.54) is 0 Å². The average Bonchev–Trinajstić information content (AvgIpc) is 3.06. The monoisotopic (exact) mass is 406 g/mol. The second-order valence-electron chi connectivity index (χ2n) is 6.66. The van der Waals surface area contributed by atoms with Gasteiger partial charge >= 0.3 is 0 Å². The zero-order valence-corrected chi connectivity index (χ0v) is 16.8. The summed E-state index contributed by atoms with van der Waals surface area (Å²) in [5, 5.41) is 0.641. The number of allylic oxidation sites excluding steroid dienone is 1. The van der Waals surface area contributed by atoms with Crippen molar-refractivity contribution in [3.05, 3.63) is 93.7 Å². The van der Waals surface area contributed by atoms with Crippen LogP contribution in [-0.2, 0) is 6.61 Å². The van der Waals surface area contributed by atoms with Crippen LogP contribution in [0.3, 0.4) is 0 Å². The molecule has 0 unspecified atom stereocenters. The van der Waals surface area contributed by atoms with Gasteiger partial charge in [-0.2, -0.15) is 0 Å². The Kier molecular flexibility index (Phi) is 5.28. The van der Waals surface area contributed by atoms with E-state index in [4.69, 9.17) is 25.8 Å². The number of methoxy groups -OCH3 is 1. The number of carbonyl (C=O) groups excluding carboxylic acids is 1. The smallest absolute Gasteiger partial charge is 0.231 e. The second-order valence-corrected chi connectivity index (χ2v) is 7.09. The van der Waals surface area contributed by atoms with Gasteiger partial charge in [0.15, 0.2) is 5.76 Å². The zero-order chi connectivity index (χ0) is 20.4. The van der Waals surface area contributed by atoms with E-state index in [1.54, 1.807) is 37.5 Å². The van der Waals surface area contributed by atoms with E-state index in [9.17, 15) is 4.79 Å². The van der Waals surface area contributed by atoms with Crippen molar-refractivity contribution in [3.8, 4) is 17.2 Å². The first kappa shape index (κ1) is 19.1. The standard InChI is InChI=1S/C24H19ClO4/c1-15-20(28-14-17-5-3-4-6-21(17)27-2)12-11-19-23(26)22(29-24(15)19)13-16-7-9-18(25)10-8-16/h3-13H,14H2,1-2H3/b22-13-. The first-order valence-electron chi connectivity index (χ1n) is 9.15. The third-order valence-corrected chi connectivity index (χ3v) is 5.03. The Morgan fingerprint density at radius 2 is 1.76 bits per heavy atom. The molecule has 3 aromatic carbocycles. The van der Waals surface area contributed by atoms with Crippen molar-refractivity contribution < 1.29 is 19.0 Å². The quantitative estimate of drug-likeness (QED) is 0.498. The maximum Gasteiger partial charge on any atom is 0.231 e. The molecule has 29 heavy (non-hydrogen) atoms. The molecule has 0 saturated carbocycles. The van der Waals surface area contributed by atoms with Gasteiger partial charge in [-0.05, 0) is 48.9 Å². The zero-order valence-electron chi connectivity index (χ0n) is 16.1. The van der Waals surface area contributed by atoms with Crippen LogP contribution in [-0.4, -0.2) is 12.9 Å². The summed E-state index contributed by atoms with van der Waals surface area (Å²) in [7, 11) is 1.63. The number of ether oxygens (including phenoxy) is 3. The van der Waals surface area contributed by atoms with Gasteiger partial charge in [-0.25, -0.2) is 0 Å². The van der Waals surface area contributed by atoms with Gasteiger partial charge in [0.05, 0.1) is 12.7 Å². The van der Waals surface area contributed by atoms with Gasteiger partial charge in [-0.1, -0.05) is 41.9 Å². The minimum absolute atomic E-state index is 0.144. The van der Waals surface area contributed by atoms with Gasteiger partial charge in [0.2, 0.25) is 5.78 Å². The third kappa shape index (κ3) is 3.84. The van der Waals surface area contributed by atoms with Crippen molar-refractivity contribution >= 4 is 23.5 Å². The maximum absolute atomic E-state index is 12.7. The van der Waals surface area contributed by atoms with Crippen LogP contribution in [0.5, 0.6) is 17.2 Å². The molecule has 146 valence electrons. The van der Waals surface area contributed by atoms with Crippen molar-refractivity contribution in [1.82, 2.24) is 0 Å². The lowest BCUT2D eigenvalue weighted by Gasteiger charge is -2.13. The minimum atomic E-state index is -0.144. The largest absolute Gasteiger partial charge is 0.496 e. The molecule has 0 amide bonds. The second kappa shape index (κ2) is 8.02. The fourth-order valence-corrected chi connectivity index (χ4v) is 3.34. The molecule has 3 aromatic rings. The molecule has 4 nitrogen and oxygen atoms in total. The van der Waals surface area contributed by atoms with E-state index in [1.807, 2.05) is 43.3 Å². The summed E-state index contributed by atoms with van der Waals surface area (Å²) in [5.74, 6) is 2.11. The summed E-state index contributed by atoms with van der Waals surface area (Å²) in [6.07, 6.45) is 1.72. The first-order chi connectivity index (χ1) is 14.1. The van der Waals surface area contributed by atoms with Crippen molar-refractivity contribution in [2.24, 2.45) is 0 Å². The maximum atomic E-state index is 12.7. The van der Waals surface area contributed by atoms with E-state index in [0.717, 1.165) is 22.4 Å².